The Morgan fingerprint density at radius 3 is 2.61 bits per heavy atom. The van der Waals surface area contributed by atoms with Gasteiger partial charge in [-0.25, -0.2) is 13.4 Å². The molecule has 0 aliphatic rings. The summed E-state index contributed by atoms with van der Waals surface area (Å²) in [4.78, 5) is 20.7. The Hall–Kier alpha value is -2.88. The van der Waals surface area contributed by atoms with Crippen molar-refractivity contribution in [2.45, 2.75) is 0 Å². The maximum atomic E-state index is 12.3. The maximum Gasteiger partial charge on any atom is 0.241 e. The Balaban J connectivity index is 1.60. The summed E-state index contributed by atoms with van der Waals surface area (Å²) in [5, 5.41) is 5.87. The van der Waals surface area contributed by atoms with Crippen LogP contribution in [-0.2, 0) is 14.8 Å². The molecule has 7 nitrogen and oxygen atoms in total. The normalized spacial score (nSPS) is 11.8. The zero-order valence-corrected chi connectivity index (χ0v) is 16.7. The standard InChI is InChI=1S/C19H18N4O3S2/c1-23(28(25,26)12-10-15-7-3-2-4-8-15)13-18(24)22-19-21-17(14-27-19)16-9-5-6-11-20-16/h2-12,14H,13H2,1H3,(H,21,22,24)/b12-10+. The summed E-state index contributed by atoms with van der Waals surface area (Å²) < 4.78 is 25.6. The van der Waals surface area contributed by atoms with Crippen molar-refractivity contribution in [1.82, 2.24) is 14.3 Å². The van der Waals surface area contributed by atoms with Gasteiger partial charge in [0.05, 0.1) is 12.2 Å². The molecular formula is C19H18N4O3S2. The summed E-state index contributed by atoms with van der Waals surface area (Å²) in [5.41, 5.74) is 2.10. The van der Waals surface area contributed by atoms with Gasteiger partial charge in [0, 0.05) is 24.0 Å². The highest BCUT2D eigenvalue weighted by Gasteiger charge is 2.18. The second kappa shape index (κ2) is 8.87. The fourth-order valence-corrected chi connectivity index (χ4v) is 3.80. The second-order valence-corrected chi connectivity index (χ2v) is 8.60. The summed E-state index contributed by atoms with van der Waals surface area (Å²) in [6.07, 6.45) is 3.15. The highest BCUT2D eigenvalue weighted by atomic mass is 32.2. The quantitative estimate of drug-likeness (QED) is 0.641. The van der Waals surface area contributed by atoms with Crippen molar-refractivity contribution < 1.29 is 13.2 Å². The Bertz CT molecular complexity index is 1060. The van der Waals surface area contributed by atoms with Gasteiger partial charge in [0.15, 0.2) is 5.13 Å². The summed E-state index contributed by atoms with van der Waals surface area (Å²) in [7, 11) is -2.37. The van der Waals surface area contributed by atoms with Gasteiger partial charge in [0.25, 0.3) is 0 Å². The van der Waals surface area contributed by atoms with Crippen molar-refractivity contribution in [3.8, 4) is 11.4 Å². The minimum atomic E-state index is -3.72. The van der Waals surface area contributed by atoms with Crippen molar-refractivity contribution >= 4 is 38.5 Å². The van der Waals surface area contributed by atoms with Gasteiger partial charge in [-0.2, -0.15) is 4.31 Å². The number of pyridine rings is 1. The van der Waals surface area contributed by atoms with Crippen LogP contribution in [0.1, 0.15) is 5.56 Å². The van der Waals surface area contributed by atoms with E-state index in [9.17, 15) is 13.2 Å². The lowest BCUT2D eigenvalue weighted by atomic mass is 10.2. The minimum absolute atomic E-state index is 0.319. The number of carbonyl (C=O) groups excluding carboxylic acids is 1. The summed E-state index contributed by atoms with van der Waals surface area (Å²) in [6.45, 7) is -0.319. The molecular weight excluding hydrogens is 396 g/mol. The third kappa shape index (κ3) is 5.32. The van der Waals surface area contributed by atoms with Crippen LogP contribution in [0.5, 0.6) is 0 Å². The van der Waals surface area contributed by atoms with E-state index in [1.807, 2.05) is 30.3 Å². The number of rotatable bonds is 7. The molecule has 0 saturated carbocycles. The van der Waals surface area contributed by atoms with Gasteiger partial charge < -0.3 is 5.32 Å². The molecule has 2 heterocycles. The topological polar surface area (TPSA) is 92.3 Å². The van der Waals surface area contributed by atoms with Crippen molar-refractivity contribution in [2.75, 3.05) is 18.9 Å². The predicted molar refractivity (Wildman–Crippen MR) is 111 cm³/mol. The summed E-state index contributed by atoms with van der Waals surface area (Å²) in [6, 6.07) is 14.5. The number of amides is 1. The van der Waals surface area contributed by atoms with E-state index in [-0.39, 0.29) is 6.54 Å². The first-order valence-corrected chi connectivity index (χ1v) is 10.7. The van der Waals surface area contributed by atoms with Gasteiger partial charge in [-0.3, -0.25) is 9.78 Å². The third-order valence-electron chi connectivity index (χ3n) is 3.71. The molecule has 0 spiro atoms. The molecule has 1 amide bonds. The van der Waals surface area contributed by atoms with E-state index < -0.39 is 15.9 Å². The molecule has 0 fully saturated rings. The average Bonchev–Trinajstić information content (AvgIpc) is 3.16. The van der Waals surface area contributed by atoms with Gasteiger partial charge in [-0.15, -0.1) is 11.3 Å². The Morgan fingerprint density at radius 1 is 1.14 bits per heavy atom. The van der Waals surface area contributed by atoms with Crippen LogP contribution in [0.25, 0.3) is 17.5 Å². The number of sulfonamides is 1. The van der Waals surface area contributed by atoms with Gasteiger partial charge in [-0.1, -0.05) is 36.4 Å². The number of nitrogens with zero attached hydrogens (tertiary/aromatic N) is 3. The minimum Gasteiger partial charge on any atom is -0.301 e. The fourth-order valence-electron chi connectivity index (χ4n) is 2.25. The van der Waals surface area contributed by atoms with Crippen molar-refractivity contribution in [3.05, 3.63) is 71.1 Å². The molecule has 3 rings (SSSR count). The van der Waals surface area contributed by atoms with Crippen LogP contribution in [0.4, 0.5) is 5.13 Å². The van der Waals surface area contributed by atoms with E-state index >= 15 is 0 Å². The SMILES string of the molecule is CN(CC(=O)Nc1nc(-c2ccccn2)cs1)S(=O)(=O)/C=C/c1ccccc1. The summed E-state index contributed by atoms with van der Waals surface area (Å²) in [5.74, 6) is -0.471. The van der Waals surface area contributed by atoms with Gasteiger partial charge in [0.2, 0.25) is 15.9 Å². The van der Waals surface area contributed by atoms with E-state index in [0.29, 0.717) is 16.5 Å². The molecule has 0 aliphatic heterocycles. The maximum absolute atomic E-state index is 12.3. The van der Waals surface area contributed by atoms with Crippen LogP contribution in [0, 0.1) is 0 Å². The smallest absolute Gasteiger partial charge is 0.241 e. The Kier molecular flexibility index (Phi) is 6.30. The average molecular weight is 415 g/mol. The molecule has 2 aromatic heterocycles. The van der Waals surface area contributed by atoms with E-state index in [4.69, 9.17) is 0 Å². The molecule has 0 atom stereocenters. The highest BCUT2D eigenvalue weighted by Crippen LogP contribution is 2.23. The largest absolute Gasteiger partial charge is 0.301 e. The van der Waals surface area contributed by atoms with Crippen LogP contribution in [0.2, 0.25) is 0 Å². The van der Waals surface area contributed by atoms with Gasteiger partial charge >= 0.3 is 0 Å². The molecule has 0 saturated heterocycles. The molecule has 0 unspecified atom stereocenters. The number of anilines is 1. The number of thiazole rings is 1. The lowest BCUT2D eigenvalue weighted by molar-refractivity contribution is -0.116. The number of aromatic nitrogens is 2. The molecule has 0 bridgehead atoms. The van der Waals surface area contributed by atoms with E-state index in [1.165, 1.54) is 24.5 Å². The van der Waals surface area contributed by atoms with Crippen LogP contribution in [-0.4, -0.2) is 42.2 Å². The number of benzene rings is 1. The van der Waals surface area contributed by atoms with Crippen LogP contribution >= 0.6 is 11.3 Å². The zero-order valence-electron chi connectivity index (χ0n) is 15.0. The lowest BCUT2D eigenvalue weighted by Gasteiger charge is -2.13. The Labute approximate surface area is 167 Å². The van der Waals surface area contributed by atoms with E-state index in [2.05, 4.69) is 15.3 Å². The molecule has 28 heavy (non-hydrogen) atoms. The van der Waals surface area contributed by atoms with Crippen molar-refractivity contribution in [1.29, 1.82) is 0 Å². The van der Waals surface area contributed by atoms with E-state index in [1.54, 1.807) is 29.8 Å². The fraction of sp³-hybridized carbons (Fsp3) is 0.105. The number of carbonyl (C=O) groups is 1. The van der Waals surface area contributed by atoms with Crippen LogP contribution < -0.4 is 5.32 Å². The number of likely N-dealkylation sites (N-methyl/N-ethyl adjacent to an activating group) is 1. The van der Waals surface area contributed by atoms with Crippen molar-refractivity contribution in [3.63, 3.8) is 0 Å². The number of hydrogen-bond acceptors (Lipinski definition) is 6. The predicted octanol–water partition coefficient (Wildman–Crippen LogP) is 3.08. The van der Waals surface area contributed by atoms with Gasteiger partial charge in [0.1, 0.15) is 5.69 Å². The zero-order chi connectivity index (χ0) is 20.0. The molecule has 144 valence electrons. The second-order valence-electron chi connectivity index (χ2n) is 5.82. The molecule has 1 aromatic carbocycles. The van der Waals surface area contributed by atoms with E-state index in [0.717, 1.165) is 15.3 Å². The molecule has 0 aliphatic carbocycles. The lowest BCUT2D eigenvalue weighted by Crippen LogP contribution is -2.33. The molecule has 1 N–H and O–H groups in total. The Morgan fingerprint density at radius 2 is 1.89 bits per heavy atom. The first kappa shape index (κ1) is 19.9. The first-order valence-electron chi connectivity index (χ1n) is 8.30. The third-order valence-corrected chi connectivity index (χ3v) is 5.95. The number of nitrogens with one attached hydrogen (secondary N) is 1. The first-order chi connectivity index (χ1) is 13.4. The summed E-state index contributed by atoms with van der Waals surface area (Å²) >= 11 is 1.25. The monoisotopic (exact) mass is 414 g/mol. The highest BCUT2D eigenvalue weighted by molar-refractivity contribution is 7.92. The van der Waals surface area contributed by atoms with Crippen molar-refractivity contribution in [2.24, 2.45) is 0 Å². The van der Waals surface area contributed by atoms with Crippen LogP contribution in [0.3, 0.4) is 0 Å². The molecule has 0 radical (unpaired) electrons. The molecule has 3 aromatic rings. The number of hydrogen-bond donors (Lipinski definition) is 1. The molecule has 9 heteroatoms. The van der Waals surface area contributed by atoms with Crippen LogP contribution in [0.15, 0.2) is 65.5 Å². The van der Waals surface area contributed by atoms with Gasteiger partial charge in [-0.05, 0) is 23.8 Å².